The van der Waals surface area contributed by atoms with E-state index in [9.17, 15) is 9.90 Å². The molecule has 20 heavy (non-hydrogen) atoms. The molecular weight excluding hydrogens is 299 g/mol. The molecule has 0 aliphatic rings. The fourth-order valence-electron chi connectivity index (χ4n) is 2.03. The maximum absolute atomic E-state index is 11.4. The van der Waals surface area contributed by atoms with Crippen molar-refractivity contribution in [3.63, 3.8) is 0 Å². The number of rotatable bonds is 5. The van der Waals surface area contributed by atoms with Gasteiger partial charge in [0.25, 0.3) is 0 Å². The molecule has 0 fully saturated rings. The van der Waals surface area contributed by atoms with Gasteiger partial charge in [0.2, 0.25) is 0 Å². The molecule has 0 saturated carbocycles. The van der Waals surface area contributed by atoms with Crippen molar-refractivity contribution in [2.24, 2.45) is 4.99 Å². The van der Waals surface area contributed by atoms with Gasteiger partial charge in [0, 0.05) is 20.3 Å². The predicted octanol–water partition coefficient (Wildman–Crippen LogP) is 4.08. The van der Waals surface area contributed by atoms with E-state index in [-0.39, 0.29) is 0 Å². The Kier molecular flexibility index (Phi) is 5.60. The number of benzene rings is 1. The lowest BCUT2D eigenvalue weighted by atomic mass is 9.86. The van der Waals surface area contributed by atoms with Crippen LogP contribution in [0.25, 0.3) is 0 Å². The summed E-state index contributed by atoms with van der Waals surface area (Å²) in [5, 5.41) is 10.1. The molecule has 0 spiro atoms. The number of carboxylic acid groups (broad SMARTS) is 1. The lowest BCUT2D eigenvalue weighted by molar-refractivity contribution is 0.123. The SMILES string of the molecule is C=CC[C@@](C=NC)(c1ccc(Cl)c(Cl)c1)N(C)C(=O)O. The number of carbonyl (C=O) groups is 1. The average molecular weight is 315 g/mol. The Hall–Kier alpha value is -1.52. The Balaban J connectivity index is 3.52. The Labute approximate surface area is 128 Å². The largest absolute Gasteiger partial charge is 0.465 e. The van der Waals surface area contributed by atoms with Crippen LogP contribution in [0, 0.1) is 0 Å². The zero-order valence-corrected chi connectivity index (χ0v) is 12.8. The zero-order valence-electron chi connectivity index (χ0n) is 11.3. The van der Waals surface area contributed by atoms with E-state index in [1.165, 1.54) is 11.9 Å². The number of nitrogens with zero attached hydrogens (tertiary/aromatic N) is 2. The molecule has 1 N–H and O–H groups in total. The summed E-state index contributed by atoms with van der Waals surface area (Å²) < 4.78 is 0. The van der Waals surface area contributed by atoms with Gasteiger partial charge in [-0.2, -0.15) is 0 Å². The van der Waals surface area contributed by atoms with E-state index in [1.807, 2.05) is 0 Å². The highest BCUT2D eigenvalue weighted by Crippen LogP contribution is 2.34. The molecular formula is C14H16Cl2N2O2. The standard InChI is InChI=1S/C14H16Cl2N2O2/c1-4-7-14(9-17-2,18(3)13(19)20)10-5-6-11(15)12(16)8-10/h4-6,8-9H,1,7H2,2-3H3,(H,19,20)/t14-/m1/s1. The number of hydrogen-bond acceptors (Lipinski definition) is 2. The monoisotopic (exact) mass is 314 g/mol. The third-order valence-corrected chi connectivity index (χ3v) is 3.84. The Bertz CT molecular complexity index is 546. The van der Waals surface area contributed by atoms with Gasteiger partial charge in [0.15, 0.2) is 0 Å². The van der Waals surface area contributed by atoms with Gasteiger partial charge in [-0.25, -0.2) is 4.79 Å². The number of aliphatic imine (C=N–C) groups is 1. The molecule has 1 aromatic rings. The first-order chi connectivity index (χ1) is 9.39. The van der Waals surface area contributed by atoms with Gasteiger partial charge in [-0.1, -0.05) is 35.3 Å². The normalized spacial score (nSPS) is 14.0. The highest BCUT2D eigenvalue weighted by atomic mass is 35.5. The van der Waals surface area contributed by atoms with E-state index in [0.717, 1.165) is 0 Å². The second-order valence-corrected chi connectivity index (χ2v) is 5.09. The average Bonchev–Trinajstić information content (AvgIpc) is 2.40. The van der Waals surface area contributed by atoms with E-state index < -0.39 is 11.6 Å². The zero-order chi connectivity index (χ0) is 15.3. The first-order valence-corrected chi connectivity index (χ1v) is 6.61. The minimum absolute atomic E-state index is 0.362. The summed E-state index contributed by atoms with van der Waals surface area (Å²) >= 11 is 11.9. The molecule has 1 amide bonds. The van der Waals surface area contributed by atoms with Crippen molar-refractivity contribution in [3.8, 4) is 0 Å². The third kappa shape index (κ3) is 3.14. The lowest BCUT2D eigenvalue weighted by Gasteiger charge is -2.37. The summed E-state index contributed by atoms with van der Waals surface area (Å²) in [6.45, 7) is 3.69. The first kappa shape index (κ1) is 16.5. The second kappa shape index (κ2) is 6.77. The molecule has 108 valence electrons. The summed E-state index contributed by atoms with van der Waals surface area (Å²) in [6.07, 6.45) is 2.51. The van der Waals surface area contributed by atoms with Crippen LogP contribution in [0.15, 0.2) is 35.8 Å². The summed E-state index contributed by atoms with van der Waals surface area (Å²) in [6, 6.07) is 5.02. The van der Waals surface area contributed by atoms with Crippen LogP contribution >= 0.6 is 23.2 Å². The molecule has 0 aliphatic carbocycles. The molecule has 6 heteroatoms. The molecule has 0 aliphatic heterocycles. The minimum Gasteiger partial charge on any atom is -0.465 e. The third-order valence-electron chi connectivity index (χ3n) is 3.10. The predicted molar refractivity (Wildman–Crippen MR) is 83.2 cm³/mol. The smallest absolute Gasteiger partial charge is 0.408 e. The summed E-state index contributed by atoms with van der Waals surface area (Å²) in [7, 11) is 3.07. The molecule has 0 radical (unpaired) electrons. The van der Waals surface area contributed by atoms with Crippen molar-refractivity contribution in [1.29, 1.82) is 0 Å². The van der Waals surface area contributed by atoms with Gasteiger partial charge < -0.3 is 5.11 Å². The van der Waals surface area contributed by atoms with Crippen LogP contribution < -0.4 is 0 Å². The summed E-state index contributed by atoms with van der Waals surface area (Å²) in [4.78, 5) is 16.6. The van der Waals surface area contributed by atoms with E-state index in [0.29, 0.717) is 22.0 Å². The molecule has 1 rings (SSSR count). The Morgan fingerprint density at radius 2 is 2.15 bits per heavy atom. The number of amides is 1. The van der Waals surface area contributed by atoms with Crippen LogP contribution in [-0.4, -0.2) is 36.4 Å². The van der Waals surface area contributed by atoms with Crippen LogP contribution in [-0.2, 0) is 5.54 Å². The maximum atomic E-state index is 11.4. The van der Waals surface area contributed by atoms with Crippen LogP contribution in [0.4, 0.5) is 4.79 Å². The molecule has 0 aromatic heterocycles. The van der Waals surface area contributed by atoms with Gasteiger partial charge in [0.05, 0.1) is 10.0 Å². The van der Waals surface area contributed by atoms with E-state index in [2.05, 4.69) is 11.6 Å². The molecule has 0 heterocycles. The van der Waals surface area contributed by atoms with Crippen LogP contribution in [0.2, 0.25) is 10.0 Å². The maximum Gasteiger partial charge on any atom is 0.408 e. The van der Waals surface area contributed by atoms with Gasteiger partial charge >= 0.3 is 6.09 Å². The van der Waals surface area contributed by atoms with Crippen molar-refractivity contribution in [3.05, 3.63) is 46.5 Å². The number of halogens is 2. The Morgan fingerprint density at radius 1 is 1.50 bits per heavy atom. The fourth-order valence-corrected chi connectivity index (χ4v) is 2.33. The molecule has 0 unspecified atom stereocenters. The molecule has 0 bridgehead atoms. The highest BCUT2D eigenvalue weighted by Gasteiger charge is 2.37. The highest BCUT2D eigenvalue weighted by molar-refractivity contribution is 6.42. The molecule has 4 nitrogen and oxygen atoms in total. The summed E-state index contributed by atoms with van der Waals surface area (Å²) in [5.41, 5.74) is -0.279. The van der Waals surface area contributed by atoms with Gasteiger partial charge in [-0.05, 0) is 24.1 Å². The Morgan fingerprint density at radius 3 is 2.60 bits per heavy atom. The molecule has 1 aromatic carbocycles. The molecule has 1 atom stereocenters. The van der Waals surface area contributed by atoms with Gasteiger partial charge in [-0.3, -0.25) is 9.89 Å². The van der Waals surface area contributed by atoms with Crippen molar-refractivity contribution < 1.29 is 9.90 Å². The summed E-state index contributed by atoms with van der Waals surface area (Å²) in [5.74, 6) is 0. The van der Waals surface area contributed by atoms with Crippen LogP contribution in [0.3, 0.4) is 0 Å². The fraction of sp³-hybridized carbons (Fsp3) is 0.286. The molecule has 0 saturated heterocycles. The van der Waals surface area contributed by atoms with Crippen molar-refractivity contribution in [2.45, 2.75) is 12.0 Å². The van der Waals surface area contributed by atoms with E-state index >= 15 is 0 Å². The van der Waals surface area contributed by atoms with Crippen LogP contribution in [0.5, 0.6) is 0 Å². The van der Waals surface area contributed by atoms with Crippen molar-refractivity contribution >= 4 is 35.5 Å². The number of hydrogen-bond donors (Lipinski definition) is 1. The van der Waals surface area contributed by atoms with Crippen molar-refractivity contribution in [2.75, 3.05) is 14.1 Å². The minimum atomic E-state index is -1.07. The van der Waals surface area contributed by atoms with Gasteiger partial charge in [-0.15, -0.1) is 6.58 Å². The topological polar surface area (TPSA) is 52.9 Å². The van der Waals surface area contributed by atoms with Crippen molar-refractivity contribution in [1.82, 2.24) is 4.90 Å². The van der Waals surface area contributed by atoms with Crippen LogP contribution in [0.1, 0.15) is 12.0 Å². The first-order valence-electron chi connectivity index (χ1n) is 5.85. The lowest BCUT2D eigenvalue weighted by Crippen LogP contribution is -2.47. The van der Waals surface area contributed by atoms with E-state index in [1.54, 1.807) is 37.5 Å². The second-order valence-electron chi connectivity index (χ2n) is 4.27. The van der Waals surface area contributed by atoms with Gasteiger partial charge in [0.1, 0.15) is 5.54 Å². The quantitative estimate of drug-likeness (QED) is 0.657. The van der Waals surface area contributed by atoms with E-state index in [4.69, 9.17) is 23.2 Å².